The topological polar surface area (TPSA) is 0 Å². The maximum absolute atomic E-state index is 2.44. The van der Waals surface area contributed by atoms with Gasteiger partial charge in [-0.25, -0.2) is 0 Å². The van der Waals surface area contributed by atoms with Crippen molar-refractivity contribution in [3.8, 4) is 11.1 Å². The molecule has 0 aliphatic heterocycles. The van der Waals surface area contributed by atoms with E-state index < -0.39 is 0 Å². The lowest BCUT2D eigenvalue weighted by Crippen LogP contribution is -2.32. The normalized spacial score (nSPS) is 20.4. The number of rotatable bonds is 0. The molecule has 0 nitrogen and oxygen atoms in total. The van der Waals surface area contributed by atoms with Gasteiger partial charge in [0.2, 0.25) is 0 Å². The highest BCUT2D eigenvalue weighted by Gasteiger charge is 2.55. The molecule has 0 heteroatoms. The molecule has 0 fully saturated rings. The van der Waals surface area contributed by atoms with E-state index in [-0.39, 0.29) is 5.41 Å². The summed E-state index contributed by atoms with van der Waals surface area (Å²) in [6, 6.07) is 25.2. The van der Waals surface area contributed by atoms with Gasteiger partial charge in [0.05, 0.1) is 5.41 Å². The van der Waals surface area contributed by atoms with Gasteiger partial charge in [-0.05, 0) is 59.2 Å². The standard InChI is InChI=1S/C27H22/c1-17-11-13-25-21(15-17)22-16-18(2)12-14-26(22)27(25)23-9-5-3-7-19(23)20-8-4-6-10-24(20)27/h3-13,15-16,26H,14H2,1-2H3/t26-/m1/s1. The summed E-state index contributed by atoms with van der Waals surface area (Å²) in [7, 11) is 0. The summed E-state index contributed by atoms with van der Waals surface area (Å²) in [5.74, 6) is 0.475. The lowest BCUT2D eigenvalue weighted by molar-refractivity contribution is 0.493. The molecule has 0 amide bonds. The third kappa shape index (κ3) is 1.74. The summed E-state index contributed by atoms with van der Waals surface area (Å²) in [5, 5.41) is 0. The molecule has 1 atom stereocenters. The predicted octanol–water partition coefficient (Wildman–Crippen LogP) is 6.67. The highest BCUT2D eigenvalue weighted by molar-refractivity contribution is 5.92. The van der Waals surface area contributed by atoms with Gasteiger partial charge in [0.1, 0.15) is 0 Å². The number of allylic oxidation sites excluding steroid dienone is 4. The lowest BCUT2D eigenvalue weighted by atomic mass is 9.65. The summed E-state index contributed by atoms with van der Waals surface area (Å²) in [6.07, 6.45) is 5.97. The minimum Gasteiger partial charge on any atom is -0.0809 e. The Labute approximate surface area is 160 Å². The summed E-state index contributed by atoms with van der Waals surface area (Å²) in [5.41, 5.74) is 12.9. The second-order valence-corrected chi connectivity index (χ2v) is 8.28. The summed E-state index contributed by atoms with van der Waals surface area (Å²) in [6.45, 7) is 4.45. The highest BCUT2D eigenvalue weighted by Crippen LogP contribution is 2.65. The van der Waals surface area contributed by atoms with E-state index in [9.17, 15) is 0 Å². The molecule has 3 aliphatic rings. The average Bonchev–Trinajstić information content (AvgIpc) is 3.14. The molecule has 27 heavy (non-hydrogen) atoms. The zero-order chi connectivity index (χ0) is 18.2. The Morgan fingerprint density at radius 1 is 0.741 bits per heavy atom. The van der Waals surface area contributed by atoms with Crippen LogP contribution >= 0.6 is 0 Å². The van der Waals surface area contributed by atoms with Crippen LogP contribution in [-0.4, -0.2) is 0 Å². The molecule has 0 unspecified atom stereocenters. The summed E-state index contributed by atoms with van der Waals surface area (Å²) < 4.78 is 0. The number of hydrogen-bond donors (Lipinski definition) is 0. The van der Waals surface area contributed by atoms with Crippen molar-refractivity contribution in [1.82, 2.24) is 0 Å². The molecule has 0 N–H and O–H groups in total. The molecule has 0 radical (unpaired) electrons. The predicted molar refractivity (Wildman–Crippen MR) is 113 cm³/mol. The van der Waals surface area contributed by atoms with Gasteiger partial charge in [-0.3, -0.25) is 0 Å². The molecule has 3 aromatic carbocycles. The van der Waals surface area contributed by atoms with E-state index in [1.165, 1.54) is 50.1 Å². The van der Waals surface area contributed by atoms with Crippen molar-refractivity contribution < 1.29 is 0 Å². The number of benzene rings is 3. The molecular weight excluding hydrogens is 324 g/mol. The zero-order valence-corrected chi connectivity index (χ0v) is 15.8. The van der Waals surface area contributed by atoms with E-state index >= 15 is 0 Å². The van der Waals surface area contributed by atoms with Crippen molar-refractivity contribution in [2.24, 2.45) is 5.92 Å². The molecule has 0 saturated heterocycles. The third-order valence-corrected chi connectivity index (χ3v) is 6.86. The van der Waals surface area contributed by atoms with Crippen LogP contribution in [0.2, 0.25) is 0 Å². The largest absolute Gasteiger partial charge is 0.0809 e. The molecule has 130 valence electrons. The number of fused-ring (bicyclic) bond motifs is 10. The molecule has 0 bridgehead atoms. The van der Waals surface area contributed by atoms with Gasteiger partial charge in [0.25, 0.3) is 0 Å². The van der Waals surface area contributed by atoms with E-state index in [1.807, 2.05) is 0 Å². The van der Waals surface area contributed by atoms with E-state index in [2.05, 4.69) is 92.7 Å². The van der Waals surface area contributed by atoms with Crippen molar-refractivity contribution in [3.05, 3.63) is 112 Å². The van der Waals surface area contributed by atoms with Crippen molar-refractivity contribution in [2.45, 2.75) is 25.7 Å². The lowest BCUT2D eigenvalue weighted by Gasteiger charge is -2.36. The molecular formula is C27H22. The van der Waals surface area contributed by atoms with Crippen LogP contribution < -0.4 is 0 Å². The molecule has 0 saturated carbocycles. The molecule has 6 rings (SSSR count). The van der Waals surface area contributed by atoms with Gasteiger partial charge < -0.3 is 0 Å². The van der Waals surface area contributed by atoms with Crippen LogP contribution in [0.3, 0.4) is 0 Å². The first-order valence-electron chi connectivity index (χ1n) is 9.90. The molecule has 3 aliphatic carbocycles. The zero-order valence-electron chi connectivity index (χ0n) is 15.8. The Balaban J connectivity index is 1.79. The quantitative estimate of drug-likeness (QED) is 0.426. The number of aryl methyl sites for hydroxylation is 1. The van der Waals surface area contributed by atoms with Gasteiger partial charge in [0.15, 0.2) is 0 Å². The average molecular weight is 346 g/mol. The summed E-state index contributed by atoms with van der Waals surface area (Å²) in [4.78, 5) is 0. The summed E-state index contributed by atoms with van der Waals surface area (Å²) >= 11 is 0. The maximum atomic E-state index is 2.44. The minimum absolute atomic E-state index is 0.0563. The fourth-order valence-electron chi connectivity index (χ4n) is 5.87. The van der Waals surface area contributed by atoms with Gasteiger partial charge in [-0.1, -0.05) is 90.0 Å². The van der Waals surface area contributed by atoms with Crippen molar-refractivity contribution in [1.29, 1.82) is 0 Å². The first-order valence-corrected chi connectivity index (χ1v) is 9.90. The number of hydrogen-bond acceptors (Lipinski definition) is 0. The van der Waals surface area contributed by atoms with Crippen LogP contribution in [-0.2, 0) is 5.41 Å². The fraction of sp³-hybridized carbons (Fsp3) is 0.185. The maximum Gasteiger partial charge on any atom is 0.0541 e. The van der Waals surface area contributed by atoms with Crippen LogP contribution in [0.25, 0.3) is 16.7 Å². The Morgan fingerprint density at radius 3 is 2.07 bits per heavy atom. The Hall–Kier alpha value is -2.86. The van der Waals surface area contributed by atoms with E-state index in [1.54, 1.807) is 0 Å². The van der Waals surface area contributed by atoms with Crippen LogP contribution in [0.5, 0.6) is 0 Å². The van der Waals surface area contributed by atoms with Gasteiger partial charge in [-0.15, -0.1) is 0 Å². The monoisotopic (exact) mass is 346 g/mol. The van der Waals surface area contributed by atoms with E-state index in [0.717, 1.165) is 6.42 Å². The van der Waals surface area contributed by atoms with Crippen molar-refractivity contribution in [2.75, 3.05) is 0 Å². The first-order chi connectivity index (χ1) is 13.2. The second kappa shape index (κ2) is 5.10. The third-order valence-electron chi connectivity index (χ3n) is 6.86. The molecule has 1 spiro atoms. The smallest absolute Gasteiger partial charge is 0.0541 e. The van der Waals surface area contributed by atoms with E-state index in [0.29, 0.717) is 5.92 Å². The first kappa shape index (κ1) is 15.2. The van der Waals surface area contributed by atoms with Crippen LogP contribution in [0, 0.1) is 12.8 Å². The SMILES string of the molecule is CC1=CC[C@@H]2C(=C1)c1cc(C)ccc1C21c2ccccc2-c2ccccc21. The van der Waals surface area contributed by atoms with E-state index in [4.69, 9.17) is 0 Å². The van der Waals surface area contributed by atoms with Crippen LogP contribution in [0.1, 0.15) is 41.2 Å². The minimum atomic E-state index is -0.0563. The molecule has 0 aromatic heterocycles. The van der Waals surface area contributed by atoms with Crippen LogP contribution in [0.4, 0.5) is 0 Å². The van der Waals surface area contributed by atoms with Crippen LogP contribution in [0.15, 0.2) is 84.5 Å². The fourth-order valence-corrected chi connectivity index (χ4v) is 5.87. The second-order valence-electron chi connectivity index (χ2n) is 8.28. The Morgan fingerprint density at radius 2 is 1.37 bits per heavy atom. The molecule has 0 heterocycles. The Bertz CT molecular complexity index is 1130. The Kier molecular flexibility index (Phi) is 2.88. The molecule has 3 aromatic rings. The van der Waals surface area contributed by atoms with Crippen molar-refractivity contribution >= 4 is 5.57 Å². The van der Waals surface area contributed by atoms with Crippen molar-refractivity contribution in [3.63, 3.8) is 0 Å². The van der Waals surface area contributed by atoms with Gasteiger partial charge in [-0.2, -0.15) is 0 Å². The van der Waals surface area contributed by atoms with Gasteiger partial charge >= 0.3 is 0 Å². The van der Waals surface area contributed by atoms with Gasteiger partial charge in [0, 0.05) is 5.92 Å². The highest BCUT2D eigenvalue weighted by atomic mass is 14.6.